The molecule has 5 rings (SSSR count). The summed E-state index contributed by atoms with van der Waals surface area (Å²) in [5.74, 6) is 2.03. The summed E-state index contributed by atoms with van der Waals surface area (Å²) in [5.41, 5.74) is 3.14. The minimum absolute atomic E-state index is 0.290. The molecular weight excluding hydrogens is 474 g/mol. The number of pyridine rings is 2. The van der Waals surface area contributed by atoms with Crippen LogP contribution in [0.25, 0.3) is 11.4 Å². The number of ether oxygens (including phenoxy) is 3. The fourth-order valence-electron chi connectivity index (χ4n) is 4.26. The molecule has 0 saturated carbocycles. The molecule has 0 saturated heterocycles. The van der Waals surface area contributed by atoms with Gasteiger partial charge in [-0.2, -0.15) is 4.98 Å². The summed E-state index contributed by atoms with van der Waals surface area (Å²) >= 11 is 0. The maximum atomic E-state index is 13.5. The zero-order chi connectivity index (χ0) is 25.9. The van der Waals surface area contributed by atoms with Crippen molar-refractivity contribution in [3.05, 3.63) is 78.0 Å². The van der Waals surface area contributed by atoms with Crippen molar-refractivity contribution >= 4 is 17.5 Å². The van der Waals surface area contributed by atoms with Crippen LogP contribution in [0.2, 0.25) is 0 Å². The minimum Gasteiger partial charge on any atom is -0.493 e. The van der Waals surface area contributed by atoms with E-state index in [9.17, 15) is 4.79 Å². The molecule has 37 heavy (non-hydrogen) atoms. The van der Waals surface area contributed by atoms with E-state index in [1.165, 1.54) is 0 Å². The fraction of sp³-hybridized carbons (Fsp3) is 0.192. The summed E-state index contributed by atoms with van der Waals surface area (Å²) in [6, 6.07) is 10.2. The van der Waals surface area contributed by atoms with Crippen LogP contribution in [0.3, 0.4) is 0 Å². The molecule has 11 heteroatoms. The summed E-state index contributed by atoms with van der Waals surface area (Å²) in [7, 11) is 4.64. The second kappa shape index (κ2) is 9.97. The molecule has 11 nitrogen and oxygen atoms in total. The van der Waals surface area contributed by atoms with Crippen LogP contribution in [-0.4, -0.2) is 52.0 Å². The molecule has 1 aliphatic heterocycles. The van der Waals surface area contributed by atoms with Gasteiger partial charge in [-0.25, -0.2) is 4.68 Å². The molecule has 1 aromatic carbocycles. The Kier molecular flexibility index (Phi) is 6.42. The Balaban J connectivity index is 1.61. The van der Waals surface area contributed by atoms with Gasteiger partial charge in [0, 0.05) is 29.9 Å². The Hall–Kier alpha value is -4.93. The second-order valence-corrected chi connectivity index (χ2v) is 8.17. The molecule has 1 unspecified atom stereocenters. The second-order valence-electron chi connectivity index (χ2n) is 8.17. The van der Waals surface area contributed by atoms with Crippen molar-refractivity contribution < 1.29 is 19.0 Å². The summed E-state index contributed by atoms with van der Waals surface area (Å²) in [6.07, 6.45) is 6.63. The highest BCUT2D eigenvalue weighted by Gasteiger charge is 2.35. The lowest BCUT2D eigenvalue weighted by Gasteiger charge is -2.28. The number of carbonyl (C=O) groups is 1. The highest BCUT2D eigenvalue weighted by atomic mass is 16.5. The van der Waals surface area contributed by atoms with Crippen LogP contribution >= 0.6 is 0 Å². The van der Waals surface area contributed by atoms with Crippen LogP contribution in [0.15, 0.2) is 72.5 Å². The van der Waals surface area contributed by atoms with Crippen molar-refractivity contribution in [2.24, 2.45) is 0 Å². The average Bonchev–Trinajstić information content (AvgIpc) is 3.36. The zero-order valence-electron chi connectivity index (χ0n) is 20.7. The Morgan fingerprint density at radius 1 is 1.00 bits per heavy atom. The van der Waals surface area contributed by atoms with Crippen molar-refractivity contribution in [2.45, 2.75) is 13.0 Å². The van der Waals surface area contributed by atoms with E-state index in [0.717, 1.165) is 5.56 Å². The number of hydrogen-bond donors (Lipinski definition) is 2. The summed E-state index contributed by atoms with van der Waals surface area (Å²) in [6.45, 7) is 1.83. The van der Waals surface area contributed by atoms with Crippen molar-refractivity contribution in [2.75, 3.05) is 32.0 Å². The van der Waals surface area contributed by atoms with Crippen LogP contribution < -0.4 is 24.8 Å². The van der Waals surface area contributed by atoms with E-state index in [0.29, 0.717) is 51.5 Å². The monoisotopic (exact) mass is 499 g/mol. The van der Waals surface area contributed by atoms with E-state index in [4.69, 9.17) is 24.3 Å². The quantitative estimate of drug-likeness (QED) is 0.392. The van der Waals surface area contributed by atoms with Crippen LogP contribution in [-0.2, 0) is 4.79 Å². The number of fused-ring (bicyclic) bond motifs is 1. The van der Waals surface area contributed by atoms with Crippen LogP contribution in [0.5, 0.6) is 17.2 Å². The van der Waals surface area contributed by atoms with Gasteiger partial charge < -0.3 is 24.8 Å². The predicted molar refractivity (Wildman–Crippen MR) is 137 cm³/mol. The van der Waals surface area contributed by atoms with Crippen molar-refractivity contribution in [3.8, 4) is 28.6 Å². The molecule has 0 bridgehead atoms. The number of nitrogens with one attached hydrogen (secondary N) is 2. The Labute approximate surface area is 213 Å². The van der Waals surface area contributed by atoms with E-state index in [1.54, 1.807) is 75.1 Å². The van der Waals surface area contributed by atoms with Crippen LogP contribution in [0.1, 0.15) is 18.5 Å². The van der Waals surface area contributed by atoms with Crippen LogP contribution in [0, 0.1) is 0 Å². The van der Waals surface area contributed by atoms with E-state index >= 15 is 0 Å². The first kappa shape index (κ1) is 23.8. The molecule has 188 valence electrons. The number of benzene rings is 1. The summed E-state index contributed by atoms with van der Waals surface area (Å²) in [4.78, 5) is 26.6. The van der Waals surface area contributed by atoms with E-state index in [1.807, 2.05) is 19.1 Å². The van der Waals surface area contributed by atoms with Gasteiger partial charge in [-0.1, -0.05) is 6.07 Å². The standard InChI is InChI=1S/C26H25N7O4/c1-15-21(25(34)30-18-8-6-10-28-14-18)22(16-7-5-9-27-13-16)33-26(29-15)31-24(32-33)17-11-19(35-2)23(37-4)20(12-17)36-3/h5-14,22H,1-4H3,(H,30,34)(H,29,31,32). The van der Waals surface area contributed by atoms with E-state index < -0.39 is 6.04 Å². The smallest absolute Gasteiger partial charge is 0.255 e. The van der Waals surface area contributed by atoms with Gasteiger partial charge in [-0.15, -0.1) is 5.10 Å². The summed E-state index contributed by atoms with van der Waals surface area (Å²) < 4.78 is 18.1. The van der Waals surface area contributed by atoms with E-state index in [2.05, 4.69) is 20.6 Å². The molecule has 0 radical (unpaired) electrons. The minimum atomic E-state index is -0.579. The van der Waals surface area contributed by atoms with Crippen molar-refractivity contribution in [1.29, 1.82) is 0 Å². The van der Waals surface area contributed by atoms with Gasteiger partial charge in [0.2, 0.25) is 11.7 Å². The number of nitrogens with zero attached hydrogens (tertiary/aromatic N) is 5. The molecular formula is C26H25N7O4. The van der Waals surface area contributed by atoms with Gasteiger partial charge in [0.15, 0.2) is 17.3 Å². The van der Waals surface area contributed by atoms with Gasteiger partial charge in [-0.3, -0.25) is 14.8 Å². The predicted octanol–water partition coefficient (Wildman–Crippen LogP) is 3.69. The molecule has 3 aromatic heterocycles. The number of allylic oxidation sites excluding steroid dienone is 1. The molecule has 0 spiro atoms. The van der Waals surface area contributed by atoms with Gasteiger partial charge in [-0.05, 0) is 42.8 Å². The van der Waals surface area contributed by atoms with Gasteiger partial charge in [0.1, 0.15) is 6.04 Å². The molecule has 0 fully saturated rings. The molecule has 2 N–H and O–H groups in total. The van der Waals surface area contributed by atoms with Crippen LogP contribution in [0.4, 0.5) is 11.6 Å². The highest BCUT2D eigenvalue weighted by Crippen LogP contribution is 2.42. The number of anilines is 2. The maximum absolute atomic E-state index is 13.5. The fourth-order valence-corrected chi connectivity index (χ4v) is 4.26. The molecule has 4 aromatic rings. The molecule has 4 heterocycles. The molecule has 1 atom stereocenters. The number of amides is 1. The van der Waals surface area contributed by atoms with Crippen molar-refractivity contribution in [3.63, 3.8) is 0 Å². The lowest BCUT2D eigenvalue weighted by molar-refractivity contribution is -0.113. The number of rotatable bonds is 7. The lowest BCUT2D eigenvalue weighted by atomic mass is 9.96. The first-order chi connectivity index (χ1) is 18.0. The third-order valence-corrected chi connectivity index (χ3v) is 5.94. The topological polar surface area (TPSA) is 125 Å². The Morgan fingerprint density at radius 2 is 1.70 bits per heavy atom. The first-order valence-electron chi connectivity index (χ1n) is 11.4. The SMILES string of the molecule is COc1cc(-c2nc3n(n2)C(c2cccnc2)C(C(=O)Nc2cccnc2)=C(C)N3)cc(OC)c1OC. The average molecular weight is 500 g/mol. The largest absolute Gasteiger partial charge is 0.493 e. The molecule has 1 amide bonds. The maximum Gasteiger partial charge on any atom is 0.255 e. The summed E-state index contributed by atoms with van der Waals surface area (Å²) in [5, 5.41) is 11.0. The first-order valence-corrected chi connectivity index (χ1v) is 11.4. The third kappa shape index (κ3) is 4.42. The lowest BCUT2D eigenvalue weighted by Crippen LogP contribution is -2.31. The molecule has 0 aliphatic carbocycles. The number of hydrogen-bond acceptors (Lipinski definition) is 9. The molecule has 1 aliphatic rings. The third-order valence-electron chi connectivity index (χ3n) is 5.94. The number of carbonyl (C=O) groups excluding carboxylic acids is 1. The zero-order valence-corrected chi connectivity index (χ0v) is 20.7. The van der Waals surface area contributed by atoms with Crippen molar-refractivity contribution in [1.82, 2.24) is 24.7 Å². The van der Waals surface area contributed by atoms with E-state index in [-0.39, 0.29) is 5.91 Å². The normalized spacial score (nSPS) is 14.4. The Morgan fingerprint density at radius 3 is 2.30 bits per heavy atom. The Bertz CT molecular complexity index is 1440. The highest BCUT2D eigenvalue weighted by molar-refractivity contribution is 6.05. The van der Waals surface area contributed by atoms with Gasteiger partial charge >= 0.3 is 0 Å². The number of methoxy groups -OCH3 is 3. The van der Waals surface area contributed by atoms with Gasteiger partial charge in [0.25, 0.3) is 5.91 Å². The van der Waals surface area contributed by atoms with Gasteiger partial charge in [0.05, 0.1) is 38.8 Å². The number of aromatic nitrogens is 5.